The monoisotopic (exact) mass is 829 g/mol. The smallest absolute Gasteiger partial charge is 0.0980 e. The average molecular weight is 829 g/mol. The first-order chi connectivity index (χ1) is 27.7. The molecule has 0 aromatic rings. The first kappa shape index (κ1) is 53.3. The molecule has 0 amide bonds. The molecule has 12 heteroatoms. The van der Waals surface area contributed by atoms with Crippen LogP contribution in [-0.2, 0) is 0 Å². The number of nitrogens with zero attached hydrogens (tertiary/aromatic N) is 6. The molecule has 6 N–H and O–H groups in total. The molecule has 0 spiro atoms. The van der Waals surface area contributed by atoms with E-state index in [1.54, 1.807) is 0 Å². The Bertz CT molecular complexity index is 1560. The predicted octanol–water partition coefficient (Wildman–Crippen LogP) is 10.1. The van der Waals surface area contributed by atoms with Gasteiger partial charge in [0, 0.05) is 34.2 Å². The van der Waals surface area contributed by atoms with Gasteiger partial charge in [-0.3, -0.25) is 30.0 Å². The van der Waals surface area contributed by atoms with E-state index in [0.717, 1.165) is 35.0 Å². The Kier molecular flexibility index (Phi) is 21.8. The van der Waals surface area contributed by atoms with Gasteiger partial charge in [-0.2, -0.15) is 0 Å². The van der Waals surface area contributed by atoms with Crippen molar-refractivity contribution < 1.29 is 0 Å². The molecular formula is C48H84N12. The number of aliphatic imine (C=N–C) groups is 6. The van der Waals surface area contributed by atoms with Crippen LogP contribution in [0.5, 0.6) is 0 Å². The van der Waals surface area contributed by atoms with E-state index in [1.165, 1.54) is 67.6 Å². The summed E-state index contributed by atoms with van der Waals surface area (Å²) in [7, 11) is 0. The van der Waals surface area contributed by atoms with Crippen LogP contribution in [0.15, 0.2) is 97.6 Å². The number of rotatable bonds is 0. The maximum atomic E-state index is 4.36. The van der Waals surface area contributed by atoms with Crippen molar-refractivity contribution >= 4 is 35.0 Å². The number of amidine groups is 6. The topological polar surface area (TPSA) is 146 Å². The zero-order valence-electron chi connectivity index (χ0n) is 42.1. The summed E-state index contributed by atoms with van der Waals surface area (Å²) in [5.74, 6) is 6.14. The second-order valence-corrected chi connectivity index (χ2v) is 16.9. The van der Waals surface area contributed by atoms with Gasteiger partial charge in [0.05, 0.1) is 71.3 Å². The number of allylic oxidation sites excluding steroid dienone is 6. The molecule has 12 nitrogen and oxygen atoms in total. The molecule has 0 fully saturated rings. The average Bonchev–Trinajstić information content (AvgIpc) is 3.13. The molecule has 6 aliphatic heterocycles. The Morgan fingerprint density at radius 3 is 0.400 bits per heavy atom. The zero-order valence-corrected chi connectivity index (χ0v) is 42.1. The second-order valence-electron chi connectivity index (χ2n) is 16.9. The molecule has 6 heterocycles. The minimum absolute atomic E-state index is 0.362. The molecular weight excluding hydrogens is 745 g/mol. The lowest BCUT2D eigenvalue weighted by atomic mass is 10.1. The van der Waals surface area contributed by atoms with Crippen LogP contribution in [0.25, 0.3) is 0 Å². The van der Waals surface area contributed by atoms with Crippen molar-refractivity contribution in [3.63, 3.8) is 0 Å². The molecule has 6 aliphatic rings. The molecule has 0 bridgehead atoms. The molecule has 60 heavy (non-hydrogen) atoms. The molecule has 0 saturated carbocycles. The number of hydrogen-bond donors (Lipinski definition) is 6. The molecule has 0 saturated heterocycles. The van der Waals surface area contributed by atoms with Crippen LogP contribution in [0.1, 0.15) is 166 Å². The standard InChI is InChI=1S/6C8H14N2/c6*1-5-6(2)9-8(4)10-7(5)3/h6*6H,1-4H3,(H,9,10). The van der Waals surface area contributed by atoms with Gasteiger partial charge in [-0.25, -0.2) is 0 Å². The van der Waals surface area contributed by atoms with E-state index in [2.05, 4.69) is 186 Å². The summed E-state index contributed by atoms with van der Waals surface area (Å²) in [6, 6.07) is 2.17. The highest BCUT2D eigenvalue weighted by Crippen LogP contribution is 2.17. The predicted molar refractivity (Wildman–Crippen MR) is 264 cm³/mol. The van der Waals surface area contributed by atoms with Crippen LogP contribution in [0, 0.1) is 0 Å². The highest BCUT2D eigenvalue weighted by molar-refractivity contribution is 5.85. The van der Waals surface area contributed by atoms with Gasteiger partial charge in [-0.15, -0.1) is 0 Å². The Morgan fingerprint density at radius 2 is 0.317 bits per heavy atom. The summed E-state index contributed by atoms with van der Waals surface area (Å²) >= 11 is 0. The Labute approximate surface area is 365 Å². The van der Waals surface area contributed by atoms with Gasteiger partial charge in [-0.1, -0.05) is 0 Å². The summed E-state index contributed by atoms with van der Waals surface area (Å²) < 4.78 is 0. The van der Waals surface area contributed by atoms with E-state index in [4.69, 9.17) is 0 Å². The lowest BCUT2D eigenvalue weighted by molar-refractivity contribution is 0.791. The van der Waals surface area contributed by atoms with Crippen molar-refractivity contribution in [3.05, 3.63) is 67.6 Å². The molecule has 0 aromatic heterocycles. The van der Waals surface area contributed by atoms with Crippen LogP contribution >= 0.6 is 0 Å². The molecule has 6 atom stereocenters. The fourth-order valence-corrected chi connectivity index (χ4v) is 6.62. The first-order valence-electron chi connectivity index (χ1n) is 21.6. The van der Waals surface area contributed by atoms with Gasteiger partial charge in [0.15, 0.2) is 0 Å². The summed E-state index contributed by atoms with van der Waals surface area (Å²) in [6.45, 7) is 49.8. The lowest BCUT2D eigenvalue weighted by Crippen LogP contribution is -2.27. The fourth-order valence-electron chi connectivity index (χ4n) is 6.62. The molecule has 6 rings (SSSR count). The third-order valence-corrected chi connectivity index (χ3v) is 11.8. The SMILES string of the molecule is CC1=NC(C)C(C)=C(C)N1.CC1=NC(C)C(C)=C(C)N1.CC1=NC(C)C(C)=C(C)N1.CC1=NC(C)C(C)=C(C)N1.CC1=NC(C)C(C)=C(C)N1.CC1=NC(C)C(C)=C(C)N1. The summed E-state index contributed by atoms with van der Waals surface area (Å²) in [6.07, 6.45) is 0. The largest absolute Gasteiger partial charge is 0.348 e. The van der Waals surface area contributed by atoms with Crippen molar-refractivity contribution in [2.45, 2.75) is 202 Å². The summed E-state index contributed by atoms with van der Waals surface area (Å²) in [5.41, 5.74) is 15.5. The second kappa shape index (κ2) is 24.5. The number of hydrogen-bond acceptors (Lipinski definition) is 12. The van der Waals surface area contributed by atoms with E-state index in [0.29, 0.717) is 36.3 Å². The van der Waals surface area contributed by atoms with Crippen LogP contribution in [0.2, 0.25) is 0 Å². The Balaban J connectivity index is 0.000000360. The van der Waals surface area contributed by atoms with Gasteiger partial charge in [0.1, 0.15) is 0 Å². The van der Waals surface area contributed by atoms with Crippen LogP contribution in [0.4, 0.5) is 0 Å². The third-order valence-electron chi connectivity index (χ3n) is 11.8. The molecule has 0 radical (unpaired) electrons. The highest BCUT2D eigenvalue weighted by atomic mass is 15.1. The van der Waals surface area contributed by atoms with E-state index in [1.807, 2.05) is 41.5 Å². The maximum Gasteiger partial charge on any atom is 0.0980 e. The van der Waals surface area contributed by atoms with E-state index in [-0.39, 0.29) is 0 Å². The summed E-state index contributed by atoms with van der Waals surface area (Å²) in [5, 5.41) is 19.1. The first-order valence-corrected chi connectivity index (χ1v) is 21.6. The minimum atomic E-state index is 0.362. The normalized spacial score (nSPS) is 26.0. The van der Waals surface area contributed by atoms with Crippen molar-refractivity contribution in [1.29, 1.82) is 0 Å². The highest BCUT2D eigenvalue weighted by Gasteiger charge is 2.15. The van der Waals surface area contributed by atoms with Crippen LogP contribution < -0.4 is 31.9 Å². The van der Waals surface area contributed by atoms with E-state index < -0.39 is 0 Å². The van der Waals surface area contributed by atoms with Crippen molar-refractivity contribution in [2.75, 3.05) is 0 Å². The zero-order chi connectivity index (χ0) is 46.3. The Morgan fingerprint density at radius 1 is 0.217 bits per heavy atom. The molecule has 336 valence electrons. The molecule has 6 unspecified atom stereocenters. The van der Waals surface area contributed by atoms with Crippen molar-refractivity contribution in [1.82, 2.24) is 31.9 Å². The maximum absolute atomic E-state index is 4.36. The van der Waals surface area contributed by atoms with Crippen LogP contribution in [0.3, 0.4) is 0 Å². The molecule has 0 aromatic carbocycles. The Hall–Kier alpha value is -4.74. The van der Waals surface area contributed by atoms with Crippen LogP contribution in [-0.4, -0.2) is 71.3 Å². The van der Waals surface area contributed by atoms with Crippen molar-refractivity contribution in [2.24, 2.45) is 30.0 Å². The minimum Gasteiger partial charge on any atom is -0.348 e. The van der Waals surface area contributed by atoms with E-state index >= 15 is 0 Å². The summed E-state index contributed by atoms with van der Waals surface area (Å²) in [4.78, 5) is 26.2. The van der Waals surface area contributed by atoms with Gasteiger partial charge >= 0.3 is 0 Å². The van der Waals surface area contributed by atoms with Gasteiger partial charge < -0.3 is 31.9 Å². The van der Waals surface area contributed by atoms with E-state index in [9.17, 15) is 0 Å². The van der Waals surface area contributed by atoms with Gasteiger partial charge in [0.25, 0.3) is 0 Å². The molecule has 0 aliphatic carbocycles. The van der Waals surface area contributed by atoms with Gasteiger partial charge in [-0.05, 0) is 200 Å². The fraction of sp³-hybridized carbons (Fsp3) is 0.625. The van der Waals surface area contributed by atoms with Crippen molar-refractivity contribution in [3.8, 4) is 0 Å². The van der Waals surface area contributed by atoms with Gasteiger partial charge in [0.2, 0.25) is 0 Å². The lowest BCUT2D eigenvalue weighted by Gasteiger charge is -2.20. The third kappa shape index (κ3) is 17.5. The number of nitrogens with one attached hydrogen (secondary N) is 6. The quantitative estimate of drug-likeness (QED) is 0.143.